The Balaban J connectivity index is 2.15. The maximum absolute atomic E-state index is 14.0. The van der Waals surface area contributed by atoms with Crippen LogP contribution in [0.15, 0.2) is 60.8 Å². The van der Waals surface area contributed by atoms with Crippen LogP contribution in [0, 0.1) is 11.2 Å². The van der Waals surface area contributed by atoms with E-state index in [1.54, 1.807) is 11.0 Å². The second kappa shape index (κ2) is 12.2. The zero-order chi connectivity index (χ0) is 26.3. The van der Waals surface area contributed by atoms with Crippen molar-refractivity contribution in [3.63, 3.8) is 0 Å². The number of methoxy groups -OCH3 is 1. The molecule has 0 unspecified atom stereocenters. The van der Waals surface area contributed by atoms with E-state index in [1.165, 1.54) is 19.2 Å². The highest BCUT2D eigenvalue weighted by Crippen LogP contribution is 2.39. The Kier molecular flexibility index (Phi) is 9.34. The van der Waals surface area contributed by atoms with Crippen LogP contribution in [0.2, 0.25) is 0 Å². The van der Waals surface area contributed by atoms with Gasteiger partial charge in [-0.25, -0.2) is 13.8 Å². The van der Waals surface area contributed by atoms with E-state index >= 15 is 0 Å². The van der Waals surface area contributed by atoms with Gasteiger partial charge in [-0.3, -0.25) is 4.79 Å². The summed E-state index contributed by atoms with van der Waals surface area (Å²) in [5, 5.41) is 0. The standard InChI is InChI=1S/C28H36F2N4O2/c1-28(2,3)26(34(25(35)19-36-4)14-13-23(31)16-29)27-32-24(21-11-8-12-22(30)15-21)18-33(27)17-20-9-6-5-7-10-20/h5-12,15,18,23,26H,13-14,16-17,19,31H2,1-4H3/t23-,26-/m0/s1. The van der Waals surface area contributed by atoms with Gasteiger partial charge in [0.2, 0.25) is 5.91 Å². The van der Waals surface area contributed by atoms with Gasteiger partial charge in [-0.15, -0.1) is 0 Å². The molecule has 1 aromatic heterocycles. The van der Waals surface area contributed by atoms with Gasteiger partial charge >= 0.3 is 0 Å². The number of carbonyl (C=O) groups excluding carboxylic acids is 1. The molecule has 3 aromatic rings. The van der Waals surface area contributed by atoms with Crippen molar-refractivity contribution in [3.05, 3.63) is 78.0 Å². The highest BCUT2D eigenvalue weighted by molar-refractivity contribution is 5.78. The molecule has 0 bridgehead atoms. The monoisotopic (exact) mass is 498 g/mol. The molecule has 0 aliphatic carbocycles. The number of amides is 1. The number of nitrogens with zero attached hydrogens (tertiary/aromatic N) is 3. The third kappa shape index (κ3) is 6.98. The summed E-state index contributed by atoms with van der Waals surface area (Å²) < 4.78 is 34.4. The molecule has 8 heteroatoms. The second-order valence-corrected chi connectivity index (χ2v) is 10.1. The molecule has 0 aliphatic rings. The molecule has 0 radical (unpaired) electrons. The fourth-order valence-corrected chi connectivity index (χ4v) is 4.32. The van der Waals surface area contributed by atoms with Gasteiger partial charge < -0.3 is 19.9 Å². The van der Waals surface area contributed by atoms with Gasteiger partial charge in [0.1, 0.15) is 24.9 Å². The van der Waals surface area contributed by atoms with Crippen molar-refractivity contribution in [3.8, 4) is 11.3 Å². The SMILES string of the molecule is COCC(=O)N(CC[C@H](N)CF)[C@@H](c1nc(-c2cccc(F)c2)cn1Cc1ccccc1)C(C)(C)C. The number of alkyl halides is 1. The quantitative estimate of drug-likeness (QED) is 0.404. The fraction of sp³-hybridized carbons (Fsp3) is 0.429. The van der Waals surface area contributed by atoms with Gasteiger partial charge in [0.15, 0.2) is 0 Å². The maximum atomic E-state index is 14.0. The first kappa shape index (κ1) is 27.5. The number of aromatic nitrogens is 2. The van der Waals surface area contributed by atoms with Gasteiger partial charge in [0.25, 0.3) is 0 Å². The predicted octanol–water partition coefficient (Wildman–Crippen LogP) is 4.99. The number of benzene rings is 2. The van der Waals surface area contributed by atoms with E-state index in [-0.39, 0.29) is 24.9 Å². The normalized spacial score (nSPS) is 13.4. The Hall–Kier alpha value is -3.10. The summed E-state index contributed by atoms with van der Waals surface area (Å²) in [7, 11) is 1.47. The lowest BCUT2D eigenvalue weighted by molar-refractivity contribution is -0.140. The Bertz CT molecular complexity index is 1130. The van der Waals surface area contributed by atoms with Crippen molar-refractivity contribution in [1.29, 1.82) is 0 Å². The van der Waals surface area contributed by atoms with E-state index in [0.717, 1.165) is 5.56 Å². The maximum Gasteiger partial charge on any atom is 0.249 e. The van der Waals surface area contributed by atoms with E-state index < -0.39 is 24.2 Å². The van der Waals surface area contributed by atoms with Crippen LogP contribution in [-0.4, -0.2) is 53.3 Å². The van der Waals surface area contributed by atoms with Crippen molar-refractivity contribution in [2.45, 2.75) is 45.8 Å². The van der Waals surface area contributed by atoms with Crippen LogP contribution >= 0.6 is 0 Å². The van der Waals surface area contributed by atoms with Crippen molar-refractivity contribution >= 4 is 5.91 Å². The van der Waals surface area contributed by atoms with Gasteiger partial charge in [0.05, 0.1) is 11.7 Å². The summed E-state index contributed by atoms with van der Waals surface area (Å²) in [6, 6.07) is 15.1. The first-order valence-electron chi connectivity index (χ1n) is 12.1. The summed E-state index contributed by atoms with van der Waals surface area (Å²) in [5.74, 6) is 0.0741. The van der Waals surface area contributed by atoms with E-state index in [1.807, 2.05) is 67.9 Å². The molecule has 36 heavy (non-hydrogen) atoms. The van der Waals surface area contributed by atoms with Gasteiger partial charge in [-0.05, 0) is 29.5 Å². The zero-order valence-electron chi connectivity index (χ0n) is 21.5. The topological polar surface area (TPSA) is 73.4 Å². The number of rotatable bonds is 11. The summed E-state index contributed by atoms with van der Waals surface area (Å²) in [5.41, 5.74) is 7.74. The van der Waals surface area contributed by atoms with Crippen LogP contribution < -0.4 is 5.73 Å². The molecule has 1 heterocycles. The number of halogens is 2. The number of hydrogen-bond acceptors (Lipinski definition) is 4. The van der Waals surface area contributed by atoms with Crippen molar-refractivity contribution in [2.75, 3.05) is 26.9 Å². The molecule has 0 fully saturated rings. The Morgan fingerprint density at radius 1 is 1.17 bits per heavy atom. The highest BCUT2D eigenvalue weighted by atomic mass is 19.1. The summed E-state index contributed by atoms with van der Waals surface area (Å²) in [4.78, 5) is 19.9. The molecular weight excluding hydrogens is 462 g/mol. The van der Waals surface area contributed by atoms with Gasteiger partial charge in [-0.2, -0.15) is 0 Å². The zero-order valence-corrected chi connectivity index (χ0v) is 21.5. The molecule has 6 nitrogen and oxygen atoms in total. The average molecular weight is 499 g/mol. The van der Waals surface area contributed by atoms with Crippen LogP contribution in [0.25, 0.3) is 11.3 Å². The number of ether oxygens (including phenoxy) is 1. The third-order valence-corrected chi connectivity index (χ3v) is 6.03. The first-order valence-corrected chi connectivity index (χ1v) is 12.1. The number of hydrogen-bond donors (Lipinski definition) is 1. The molecule has 3 rings (SSSR count). The molecule has 0 saturated heterocycles. The lowest BCUT2D eigenvalue weighted by atomic mass is 9.84. The van der Waals surface area contributed by atoms with Crippen molar-refractivity contribution < 1.29 is 18.3 Å². The number of nitrogens with two attached hydrogens (primary N) is 1. The Labute approximate surface area is 212 Å². The molecule has 0 aliphatic heterocycles. The van der Waals surface area contributed by atoms with Gasteiger partial charge in [-0.1, -0.05) is 63.2 Å². The molecular formula is C28H36F2N4O2. The summed E-state index contributed by atoms with van der Waals surface area (Å²) in [6.45, 7) is 6.08. The average Bonchev–Trinajstić information content (AvgIpc) is 3.24. The van der Waals surface area contributed by atoms with E-state index in [2.05, 4.69) is 0 Å². The minimum absolute atomic E-state index is 0.117. The van der Waals surface area contributed by atoms with Crippen LogP contribution in [0.3, 0.4) is 0 Å². The molecule has 1 amide bonds. The minimum Gasteiger partial charge on any atom is -0.375 e. The Morgan fingerprint density at radius 2 is 1.89 bits per heavy atom. The predicted molar refractivity (Wildman–Crippen MR) is 138 cm³/mol. The summed E-state index contributed by atoms with van der Waals surface area (Å²) >= 11 is 0. The molecule has 2 N–H and O–H groups in total. The summed E-state index contributed by atoms with van der Waals surface area (Å²) in [6.07, 6.45) is 2.19. The first-order chi connectivity index (χ1) is 17.1. The number of imidazole rings is 1. The molecule has 194 valence electrons. The second-order valence-electron chi connectivity index (χ2n) is 10.1. The van der Waals surface area contributed by atoms with E-state index in [0.29, 0.717) is 30.0 Å². The third-order valence-electron chi connectivity index (χ3n) is 6.03. The van der Waals surface area contributed by atoms with Crippen LogP contribution in [-0.2, 0) is 16.1 Å². The van der Waals surface area contributed by atoms with Crippen molar-refractivity contribution in [2.24, 2.45) is 11.1 Å². The molecule has 0 spiro atoms. The lowest BCUT2D eigenvalue weighted by Gasteiger charge is -2.40. The van der Waals surface area contributed by atoms with Crippen LogP contribution in [0.4, 0.5) is 8.78 Å². The molecule has 2 atom stereocenters. The fourth-order valence-electron chi connectivity index (χ4n) is 4.32. The lowest BCUT2D eigenvalue weighted by Crippen LogP contribution is -2.45. The molecule has 0 saturated carbocycles. The Morgan fingerprint density at radius 3 is 2.50 bits per heavy atom. The largest absolute Gasteiger partial charge is 0.375 e. The molecule has 2 aromatic carbocycles. The minimum atomic E-state index is -0.671. The highest BCUT2D eigenvalue weighted by Gasteiger charge is 2.38. The van der Waals surface area contributed by atoms with E-state index in [9.17, 15) is 13.6 Å². The smallest absolute Gasteiger partial charge is 0.249 e. The van der Waals surface area contributed by atoms with Crippen LogP contribution in [0.5, 0.6) is 0 Å². The van der Waals surface area contributed by atoms with Gasteiger partial charge in [0, 0.05) is 38.0 Å². The number of carbonyl (C=O) groups is 1. The van der Waals surface area contributed by atoms with E-state index in [4.69, 9.17) is 15.5 Å². The van der Waals surface area contributed by atoms with Crippen molar-refractivity contribution in [1.82, 2.24) is 14.5 Å². The van der Waals surface area contributed by atoms with Crippen LogP contribution in [0.1, 0.15) is 44.6 Å².